The molecule has 1 heterocycles. The Balaban J connectivity index is 2.50. The summed E-state index contributed by atoms with van der Waals surface area (Å²) in [6, 6.07) is 0. The van der Waals surface area contributed by atoms with Gasteiger partial charge in [0.15, 0.2) is 5.82 Å². The van der Waals surface area contributed by atoms with Crippen LogP contribution in [-0.2, 0) is 0 Å². The van der Waals surface area contributed by atoms with Gasteiger partial charge in [0.1, 0.15) is 0 Å². The number of aromatic nitrogens is 2. The van der Waals surface area contributed by atoms with E-state index in [1.165, 1.54) is 13.4 Å². The van der Waals surface area contributed by atoms with E-state index in [9.17, 15) is 4.79 Å². The maximum absolute atomic E-state index is 11.3. The first-order valence-corrected chi connectivity index (χ1v) is 5.99. The fourth-order valence-corrected chi connectivity index (χ4v) is 1.69. The molecule has 1 aromatic heterocycles. The molecular weight excluding hydrogens is 226 g/mol. The minimum atomic E-state index is -0.279. The van der Waals surface area contributed by atoms with Crippen molar-refractivity contribution in [3.8, 4) is 5.75 Å². The van der Waals surface area contributed by atoms with Crippen LogP contribution in [0.4, 0.5) is 5.82 Å². The van der Waals surface area contributed by atoms with Crippen molar-refractivity contribution in [1.29, 1.82) is 0 Å². The number of nitrogens with one attached hydrogen (secondary N) is 2. The fourth-order valence-electron chi connectivity index (χ4n) is 1.11. The lowest BCUT2D eigenvalue weighted by molar-refractivity contribution is 0.408. The standard InChI is InChI=1S/C10H15N3O2S/c1-3-5-16-6-4-11-9-8(15-2)10(14)13-7-12-9/h3,7H,1,4-6H2,2H3,(H2,11,12,13,14). The lowest BCUT2D eigenvalue weighted by Crippen LogP contribution is -2.15. The number of H-pyrrole nitrogens is 1. The molecule has 0 fully saturated rings. The van der Waals surface area contributed by atoms with E-state index in [0.717, 1.165) is 18.1 Å². The van der Waals surface area contributed by atoms with Crippen molar-refractivity contribution in [3.63, 3.8) is 0 Å². The van der Waals surface area contributed by atoms with E-state index in [0.29, 0.717) is 5.82 Å². The molecular formula is C10H15N3O2S. The second kappa shape index (κ2) is 6.95. The van der Waals surface area contributed by atoms with Crippen LogP contribution in [0.1, 0.15) is 0 Å². The van der Waals surface area contributed by atoms with Gasteiger partial charge in [-0.15, -0.1) is 6.58 Å². The van der Waals surface area contributed by atoms with E-state index < -0.39 is 0 Å². The van der Waals surface area contributed by atoms with Crippen LogP contribution < -0.4 is 15.6 Å². The van der Waals surface area contributed by atoms with Gasteiger partial charge in [0.25, 0.3) is 5.56 Å². The molecule has 88 valence electrons. The van der Waals surface area contributed by atoms with Gasteiger partial charge in [0.05, 0.1) is 13.4 Å². The highest BCUT2D eigenvalue weighted by molar-refractivity contribution is 7.99. The molecule has 0 aliphatic heterocycles. The first-order valence-electron chi connectivity index (χ1n) is 4.83. The third-order valence-corrected chi connectivity index (χ3v) is 2.75. The Bertz CT molecular complexity index is 392. The molecule has 0 saturated carbocycles. The monoisotopic (exact) mass is 241 g/mol. The molecule has 0 unspecified atom stereocenters. The molecule has 2 N–H and O–H groups in total. The zero-order valence-electron chi connectivity index (χ0n) is 9.16. The number of methoxy groups -OCH3 is 1. The van der Waals surface area contributed by atoms with Gasteiger partial charge in [0, 0.05) is 18.1 Å². The molecule has 1 rings (SSSR count). The van der Waals surface area contributed by atoms with Gasteiger partial charge in [-0.1, -0.05) is 6.08 Å². The predicted octanol–water partition coefficient (Wildman–Crippen LogP) is 1.11. The molecule has 16 heavy (non-hydrogen) atoms. The molecule has 6 heteroatoms. The van der Waals surface area contributed by atoms with E-state index in [1.54, 1.807) is 11.8 Å². The van der Waals surface area contributed by atoms with Crippen molar-refractivity contribution >= 4 is 17.6 Å². The number of thioether (sulfide) groups is 1. The smallest absolute Gasteiger partial charge is 0.295 e. The molecule has 0 aliphatic carbocycles. The summed E-state index contributed by atoms with van der Waals surface area (Å²) in [5, 5.41) is 3.05. The number of rotatable bonds is 7. The summed E-state index contributed by atoms with van der Waals surface area (Å²) in [6.07, 6.45) is 3.21. The second-order valence-electron chi connectivity index (χ2n) is 2.90. The topological polar surface area (TPSA) is 67.0 Å². The highest BCUT2D eigenvalue weighted by Crippen LogP contribution is 2.14. The fraction of sp³-hybridized carbons (Fsp3) is 0.400. The van der Waals surface area contributed by atoms with Crippen LogP contribution in [0, 0.1) is 0 Å². The lowest BCUT2D eigenvalue weighted by Gasteiger charge is -2.07. The van der Waals surface area contributed by atoms with Gasteiger partial charge >= 0.3 is 0 Å². The number of hydrogen-bond donors (Lipinski definition) is 2. The van der Waals surface area contributed by atoms with E-state index in [2.05, 4.69) is 21.9 Å². The highest BCUT2D eigenvalue weighted by Gasteiger charge is 2.07. The van der Waals surface area contributed by atoms with Crippen molar-refractivity contribution in [2.24, 2.45) is 0 Å². The Morgan fingerprint density at radius 2 is 2.56 bits per heavy atom. The SMILES string of the molecule is C=CCSCCNc1nc[nH]c(=O)c1OC. The first-order chi connectivity index (χ1) is 7.79. The van der Waals surface area contributed by atoms with Gasteiger partial charge in [-0.2, -0.15) is 11.8 Å². The van der Waals surface area contributed by atoms with E-state index in [1.807, 2.05) is 6.08 Å². The lowest BCUT2D eigenvalue weighted by atomic mass is 10.5. The average molecular weight is 241 g/mol. The van der Waals surface area contributed by atoms with Crippen LogP contribution in [0.3, 0.4) is 0 Å². The number of ether oxygens (including phenoxy) is 1. The Hall–Kier alpha value is -1.43. The van der Waals surface area contributed by atoms with Crippen molar-refractivity contribution < 1.29 is 4.74 Å². The van der Waals surface area contributed by atoms with Crippen LogP contribution in [0.15, 0.2) is 23.8 Å². The Morgan fingerprint density at radius 3 is 3.25 bits per heavy atom. The molecule has 0 atom stereocenters. The van der Waals surface area contributed by atoms with E-state index in [-0.39, 0.29) is 11.3 Å². The van der Waals surface area contributed by atoms with Crippen LogP contribution in [0.25, 0.3) is 0 Å². The number of anilines is 1. The summed E-state index contributed by atoms with van der Waals surface area (Å²) < 4.78 is 4.96. The number of aromatic amines is 1. The van der Waals surface area contributed by atoms with E-state index in [4.69, 9.17) is 4.74 Å². The first kappa shape index (κ1) is 12.6. The number of nitrogens with zero attached hydrogens (tertiary/aromatic N) is 1. The van der Waals surface area contributed by atoms with Gasteiger partial charge in [-0.05, 0) is 0 Å². The van der Waals surface area contributed by atoms with Crippen molar-refractivity contribution in [2.75, 3.05) is 30.5 Å². The maximum Gasteiger partial charge on any atom is 0.295 e. The summed E-state index contributed by atoms with van der Waals surface area (Å²) in [5.74, 6) is 2.53. The summed E-state index contributed by atoms with van der Waals surface area (Å²) in [6.45, 7) is 4.36. The van der Waals surface area contributed by atoms with E-state index >= 15 is 0 Å². The van der Waals surface area contributed by atoms with Crippen molar-refractivity contribution in [2.45, 2.75) is 0 Å². The highest BCUT2D eigenvalue weighted by atomic mass is 32.2. The van der Waals surface area contributed by atoms with Crippen LogP contribution in [-0.4, -0.2) is 35.1 Å². The van der Waals surface area contributed by atoms with Gasteiger partial charge in [0.2, 0.25) is 5.75 Å². The summed E-state index contributed by atoms with van der Waals surface area (Å²) in [4.78, 5) is 17.8. The molecule has 0 aliphatic rings. The minimum absolute atomic E-state index is 0.219. The van der Waals surface area contributed by atoms with Gasteiger partial charge in [-0.25, -0.2) is 4.98 Å². The molecule has 0 bridgehead atoms. The van der Waals surface area contributed by atoms with Crippen LogP contribution in [0.5, 0.6) is 5.75 Å². The average Bonchev–Trinajstić information content (AvgIpc) is 2.29. The molecule has 0 amide bonds. The largest absolute Gasteiger partial charge is 0.489 e. The normalized spacial score (nSPS) is 9.81. The van der Waals surface area contributed by atoms with Crippen LogP contribution >= 0.6 is 11.8 Å². The third-order valence-electron chi connectivity index (χ3n) is 1.79. The molecule has 0 radical (unpaired) electrons. The summed E-state index contributed by atoms with van der Waals surface area (Å²) in [7, 11) is 1.45. The predicted molar refractivity (Wildman–Crippen MR) is 67.4 cm³/mol. The quantitative estimate of drug-likeness (QED) is 0.553. The zero-order chi connectivity index (χ0) is 11.8. The Labute approximate surface area is 98.3 Å². The third kappa shape index (κ3) is 3.62. The van der Waals surface area contributed by atoms with Crippen molar-refractivity contribution in [1.82, 2.24) is 9.97 Å². The van der Waals surface area contributed by atoms with Crippen molar-refractivity contribution in [3.05, 3.63) is 29.3 Å². The molecule has 0 spiro atoms. The molecule has 0 aromatic carbocycles. The minimum Gasteiger partial charge on any atom is -0.489 e. The molecule has 1 aromatic rings. The summed E-state index contributed by atoms with van der Waals surface area (Å²) >= 11 is 1.76. The van der Waals surface area contributed by atoms with Crippen LogP contribution in [0.2, 0.25) is 0 Å². The number of hydrogen-bond acceptors (Lipinski definition) is 5. The van der Waals surface area contributed by atoms with Gasteiger partial charge < -0.3 is 15.0 Å². The Morgan fingerprint density at radius 1 is 1.75 bits per heavy atom. The second-order valence-corrected chi connectivity index (χ2v) is 4.05. The summed E-state index contributed by atoms with van der Waals surface area (Å²) in [5.41, 5.74) is -0.279. The zero-order valence-corrected chi connectivity index (χ0v) is 9.97. The maximum atomic E-state index is 11.3. The Kier molecular flexibility index (Phi) is 5.49. The molecule has 0 saturated heterocycles. The van der Waals surface area contributed by atoms with Gasteiger partial charge in [-0.3, -0.25) is 4.79 Å². The molecule has 5 nitrogen and oxygen atoms in total.